The maximum atomic E-state index is 12.7. The number of thioether (sulfide) groups is 1. The Hall–Kier alpha value is -2.28. The quantitative estimate of drug-likeness (QED) is 0.356. The number of amides is 1. The molecular formula is C23H18BrClN2O2S. The molecule has 4 rings (SSSR count). The Balaban J connectivity index is 1.60. The number of halogens is 2. The molecule has 0 saturated carbocycles. The van der Waals surface area contributed by atoms with Crippen molar-refractivity contribution >= 4 is 62.1 Å². The molecule has 1 fully saturated rings. The molecule has 30 heavy (non-hydrogen) atoms. The molecular weight excluding hydrogens is 484 g/mol. The second-order valence-electron chi connectivity index (χ2n) is 6.68. The normalized spacial score (nSPS) is 16.8. The van der Waals surface area contributed by atoms with Crippen molar-refractivity contribution in [3.8, 4) is 11.3 Å². The molecule has 152 valence electrons. The lowest BCUT2D eigenvalue weighted by molar-refractivity contribution is -0.121. The van der Waals surface area contributed by atoms with Crippen molar-refractivity contribution in [3.05, 3.63) is 80.3 Å². The van der Waals surface area contributed by atoms with E-state index in [1.807, 2.05) is 48.5 Å². The van der Waals surface area contributed by atoms with Crippen molar-refractivity contribution in [3.63, 3.8) is 0 Å². The number of aryl methyl sites for hydroxylation is 1. The first-order chi connectivity index (χ1) is 14.5. The molecule has 2 heterocycles. The molecule has 7 heteroatoms. The topological polar surface area (TPSA) is 45.8 Å². The summed E-state index contributed by atoms with van der Waals surface area (Å²) < 4.78 is 6.74. The average molecular weight is 502 g/mol. The number of furan rings is 1. The van der Waals surface area contributed by atoms with Gasteiger partial charge in [-0.05, 0) is 76.1 Å². The fraction of sp³-hybridized carbons (Fsp3) is 0.130. The number of carbonyl (C=O) groups excluding carboxylic acids is 1. The van der Waals surface area contributed by atoms with Crippen LogP contribution in [0.25, 0.3) is 17.4 Å². The lowest BCUT2D eigenvalue weighted by atomic mass is 10.1. The van der Waals surface area contributed by atoms with Gasteiger partial charge in [-0.2, -0.15) is 0 Å². The first-order valence-corrected chi connectivity index (χ1v) is 11.3. The van der Waals surface area contributed by atoms with Crippen molar-refractivity contribution in [2.45, 2.75) is 13.3 Å². The van der Waals surface area contributed by atoms with Gasteiger partial charge in [0, 0.05) is 23.2 Å². The molecule has 1 aliphatic rings. The number of para-hydroxylation sites is 1. The Morgan fingerprint density at radius 3 is 2.77 bits per heavy atom. The molecule has 2 aromatic carbocycles. The summed E-state index contributed by atoms with van der Waals surface area (Å²) >= 11 is 10.8. The van der Waals surface area contributed by atoms with E-state index in [0.717, 1.165) is 27.7 Å². The van der Waals surface area contributed by atoms with Crippen LogP contribution >= 0.6 is 39.3 Å². The van der Waals surface area contributed by atoms with E-state index in [4.69, 9.17) is 21.0 Å². The Kier molecular flexibility index (Phi) is 6.18. The van der Waals surface area contributed by atoms with Crippen LogP contribution in [0.4, 0.5) is 5.69 Å². The minimum atomic E-state index is -0.0973. The van der Waals surface area contributed by atoms with Crippen molar-refractivity contribution < 1.29 is 9.21 Å². The highest BCUT2D eigenvalue weighted by molar-refractivity contribution is 9.10. The van der Waals surface area contributed by atoms with Crippen molar-refractivity contribution in [2.75, 3.05) is 7.05 Å². The second kappa shape index (κ2) is 8.84. The summed E-state index contributed by atoms with van der Waals surface area (Å²) in [6.45, 7) is 2.09. The van der Waals surface area contributed by atoms with E-state index in [1.54, 1.807) is 18.0 Å². The van der Waals surface area contributed by atoms with Gasteiger partial charge in [0.05, 0.1) is 15.6 Å². The zero-order chi connectivity index (χ0) is 21.3. The van der Waals surface area contributed by atoms with Gasteiger partial charge in [0.1, 0.15) is 11.5 Å². The van der Waals surface area contributed by atoms with Gasteiger partial charge in [-0.15, -0.1) is 0 Å². The van der Waals surface area contributed by atoms with Crippen LogP contribution in [-0.4, -0.2) is 23.0 Å². The van der Waals surface area contributed by atoms with Gasteiger partial charge >= 0.3 is 0 Å². The summed E-state index contributed by atoms with van der Waals surface area (Å²) in [4.78, 5) is 19.6. The molecule has 0 aliphatic carbocycles. The number of hydrogen-bond acceptors (Lipinski definition) is 4. The predicted octanol–water partition coefficient (Wildman–Crippen LogP) is 7.16. The number of benzene rings is 2. The Bertz CT molecular complexity index is 1190. The third kappa shape index (κ3) is 4.26. The minimum Gasteiger partial charge on any atom is -0.457 e. The SMILES string of the molecule is CCc1ccccc1N=C1S/C(=C/c2ccc(-c3ccc(Cl)c(Br)c3)o2)C(=O)N1C. The average Bonchev–Trinajstić information content (AvgIpc) is 3.31. The molecule has 1 amide bonds. The molecule has 1 saturated heterocycles. The molecule has 0 atom stereocenters. The van der Waals surface area contributed by atoms with Crippen LogP contribution in [0.1, 0.15) is 18.2 Å². The van der Waals surface area contributed by atoms with Crippen LogP contribution in [0.15, 0.2) is 73.4 Å². The zero-order valence-corrected chi connectivity index (χ0v) is 19.5. The summed E-state index contributed by atoms with van der Waals surface area (Å²) in [7, 11) is 1.74. The fourth-order valence-electron chi connectivity index (χ4n) is 3.04. The van der Waals surface area contributed by atoms with Crippen molar-refractivity contribution in [1.82, 2.24) is 4.90 Å². The zero-order valence-electron chi connectivity index (χ0n) is 16.4. The number of carbonyl (C=O) groups is 1. The van der Waals surface area contributed by atoms with Crippen molar-refractivity contribution in [1.29, 1.82) is 0 Å². The fourth-order valence-corrected chi connectivity index (χ4v) is 4.49. The van der Waals surface area contributed by atoms with Crippen LogP contribution in [-0.2, 0) is 11.2 Å². The lowest BCUT2D eigenvalue weighted by Gasteiger charge is -2.08. The molecule has 0 bridgehead atoms. The third-order valence-electron chi connectivity index (χ3n) is 4.70. The Morgan fingerprint density at radius 1 is 1.20 bits per heavy atom. The maximum absolute atomic E-state index is 12.7. The van der Waals surface area contributed by atoms with Gasteiger partial charge in [0.2, 0.25) is 0 Å². The number of amidine groups is 1. The summed E-state index contributed by atoms with van der Waals surface area (Å²) in [5.41, 5.74) is 2.93. The largest absolute Gasteiger partial charge is 0.457 e. The monoisotopic (exact) mass is 500 g/mol. The van der Waals surface area contributed by atoms with Crippen LogP contribution in [0.3, 0.4) is 0 Å². The summed E-state index contributed by atoms with van der Waals surface area (Å²) in [6.07, 6.45) is 2.64. The van der Waals surface area contributed by atoms with E-state index < -0.39 is 0 Å². The highest BCUT2D eigenvalue weighted by Gasteiger charge is 2.30. The Labute approximate surface area is 192 Å². The van der Waals surface area contributed by atoms with E-state index in [9.17, 15) is 4.79 Å². The van der Waals surface area contributed by atoms with E-state index in [0.29, 0.717) is 26.6 Å². The smallest absolute Gasteiger partial charge is 0.266 e. The highest BCUT2D eigenvalue weighted by atomic mass is 79.9. The van der Waals surface area contributed by atoms with Crippen LogP contribution < -0.4 is 0 Å². The van der Waals surface area contributed by atoms with E-state index in [-0.39, 0.29) is 5.91 Å². The van der Waals surface area contributed by atoms with E-state index >= 15 is 0 Å². The predicted molar refractivity (Wildman–Crippen MR) is 128 cm³/mol. The molecule has 3 aromatic rings. The summed E-state index contributed by atoms with van der Waals surface area (Å²) in [5, 5.41) is 1.29. The summed E-state index contributed by atoms with van der Waals surface area (Å²) in [6, 6.07) is 17.3. The molecule has 0 N–H and O–H groups in total. The number of aliphatic imine (C=N–C) groups is 1. The first-order valence-electron chi connectivity index (χ1n) is 9.35. The number of likely N-dealkylation sites (N-methyl/N-ethyl adjacent to an activating group) is 1. The number of rotatable bonds is 4. The van der Waals surface area contributed by atoms with Gasteiger partial charge < -0.3 is 4.42 Å². The molecule has 1 aliphatic heterocycles. The first kappa shape index (κ1) is 21.0. The standard InChI is InChI=1S/C23H18BrClN2O2S/c1-3-14-6-4-5-7-19(14)26-23-27(2)22(28)21(30-23)13-16-9-11-20(29-16)15-8-10-18(25)17(24)12-15/h4-13H,3H2,1-2H3/b21-13+,26-23?. The van der Waals surface area contributed by atoms with E-state index in [1.165, 1.54) is 11.8 Å². The molecule has 4 nitrogen and oxygen atoms in total. The second-order valence-corrected chi connectivity index (χ2v) is 8.95. The van der Waals surface area contributed by atoms with Gasteiger partial charge in [-0.1, -0.05) is 36.7 Å². The van der Waals surface area contributed by atoms with Crippen LogP contribution in [0.5, 0.6) is 0 Å². The van der Waals surface area contributed by atoms with Crippen LogP contribution in [0, 0.1) is 0 Å². The molecule has 0 radical (unpaired) electrons. The van der Waals surface area contributed by atoms with Gasteiger partial charge in [0.15, 0.2) is 5.17 Å². The minimum absolute atomic E-state index is 0.0973. The molecule has 0 unspecified atom stereocenters. The third-order valence-corrected chi connectivity index (χ3v) is 6.97. The van der Waals surface area contributed by atoms with E-state index in [2.05, 4.69) is 28.9 Å². The highest BCUT2D eigenvalue weighted by Crippen LogP contribution is 2.35. The molecule has 0 spiro atoms. The van der Waals surface area contributed by atoms with Crippen LogP contribution in [0.2, 0.25) is 5.02 Å². The Morgan fingerprint density at radius 2 is 2.00 bits per heavy atom. The van der Waals surface area contributed by atoms with Gasteiger partial charge in [-0.25, -0.2) is 4.99 Å². The number of nitrogens with zero attached hydrogens (tertiary/aromatic N) is 2. The number of hydrogen-bond donors (Lipinski definition) is 0. The van der Waals surface area contributed by atoms with Gasteiger partial charge in [0.25, 0.3) is 5.91 Å². The maximum Gasteiger partial charge on any atom is 0.266 e. The summed E-state index contributed by atoms with van der Waals surface area (Å²) in [5.74, 6) is 1.21. The van der Waals surface area contributed by atoms with Crippen molar-refractivity contribution in [2.24, 2.45) is 4.99 Å². The molecule has 1 aromatic heterocycles. The van der Waals surface area contributed by atoms with Gasteiger partial charge in [-0.3, -0.25) is 9.69 Å². The lowest BCUT2D eigenvalue weighted by Crippen LogP contribution is -2.23.